The minimum atomic E-state index is -0.912. The molecule has 1 fully saturated rings. The maximum Gasteiger partial charge on any atom is 0.226 e. The van der Waals surface area contributed by atoms with E-state index in [0.29, 0.717) is 6.54 Å². The monoisotopic (exact) mass is 103 g/mol. The molecular formula is C3H7N2O2. The highest BCUT2D eigenvalue weighted by Gasteiger charge is 2.22. The first-order valence-corrected chi connectivity index (χ1v) is 2.07. The molecule has 1 unspecified atom stereocenters. The molecule has 1 aliphatic heterocycles. The first-order chi connectivity index (χ1) is 3.29. The van der Waals surface area contributed by atoms with Crippen LogP contribution in [0.25, 0.3) is 0 Å². The number of hydrogen-bond donors (Lipinski definition) is 1. The van der Waals surface area contributed by atoms with Crippen molar-refractivity contribution in [2.45, 2.75) is 6.29 Å². The zero-order valence-corrected chi connectivity index (χ0v) is 4.05. The van der Waals surface area contributed by atoms with Crippen molar-refractivity contribution in [2.24, 2.45) is 0 Å². The predicted molar refractivity (Wildman–Crippen MR) is 20.6 cm³/mol. The lowest BCUT2D eigenvalue weighted by Crippen LogP contribution is -2.28. The summed E-state index contributed by atoms with van der Waals surface area (Å²) >= 11 is 0. The molecule has 1 rings (SSSR count). The van der Waals surface area contributed by atoms with Gasteiger partial charge in [0, 0.05) is 7.05 Å². The van der Waals surface area contributed by atoms with E-state index in [1.165, 1.54) is 0 Å². The van der Waals surface area contributed by atoms with E-state index in [1.54, 1.807) is 12.1 Å². The summed E-state index contributed by atoms with van der Waals surface area (Å²) < 4.78 is 0. The minimum Gasteiger partial charge on any atom is -0.779 e. The normalized spacial score (nSPS) is 34.3. The largest absolute Gasteiger partial charge is 0.779 e. The molecule has 1 radical (unpaired) electrons. The molecule has 0 saturated carbocycles. The summed E-state index contributed by atoms with van der Waals surface area (Å²) in [6.45, 7) is 0.417. The maximum atomic E-state index is 10.2. The van der Waals surface area contributed by atoms with Crippen molar-refractivity contribution in [3.05, 3.63) is 0 Å². The van der Waals surface area contributed by atoms with Gasteiger partial charge in [0.15, 0.2) is 0 Å². The van der Waals surface area contributed by atoms with E-state index < -0.39 is 6.29 Å². The Morgan fingerprint density at radius 3 is 2.86 bits per heavy atom. The Kier molecular flexibility index (Phi) is 1.25. The second-order valence-corrected chi connectivity index (χ2v) is 1.52. The molecule has 0 spiro atoms. The summed E-state index contributed by atoms with van der Waals surface area (Å²) in [6.07, 6.45) is -0.912. The van der Waals surface area contributed by atoms with Crippen LogP contribution in [0, 0.1) is 0 Å². The third-order valence-electron chi connectivity index (χ3n) is 0.763. The fraction of sp³-hybridized carbons (Fsp3) is 1.00. The van der Waals surface area contributed by atoms with Crippen molar-refractivity contribution in [1.29, 1.82) is 0 Å². The van der Waals surface area contributed by atoms with E-state index >= 15 is 0 Å². The Hall–Kier alpha value is -0.160. The van der Waals surface area contributed by atoms with E-state index in [9.17, 15) is 5.11 Å². The molecule has 0 aromatic carbocycles. The summed E-state index contributed by atoms with van der Waals surface area (Å²) in [4.78, 5) is 4.39. The highest BCUT2D eigenvalue weighted by Crippen LogP contribution is 1.90. The summed E-state index contributed by atoms with van der Waals surface area (Å²) in [6, 6.07) is 0. The molecule has 0 aliphatic carbocycles. The zero-order valence-electron chi connectivity index (χ0n) is 4.05. The SMILES string of the molecule is CN1CC([O-])[O+]N1. The van der Waals surface area contributed by atoms with Gasteiger partial charge >= 0.3 is 0 Å². The van der Waals surface area contributed by atoms with Gasteiger partial charge in [-0.3, -0.25) is 0 Å². The van der Waals surface area contributed by atoms with E-state index in [4.69, 9.17) is 0 Å². The minimum absolute atomic E-state index is 0.417. The highest BCUT2D eigenvalue weighted by molar-refractivity contribution is 4.46. The number of nitrogens with one attached hydrogen (secondary N) is 1. The lowest BCUT2D eigenvalue weighted by Gasteiger charge is -1.96. The van der Waals surface area contributed by atoms with Crippen molar-refractivity contribution in [1.82, 2.24) is 10.6 Å². The molecule has 4 heteroatoms. The molecule has 1 heterocycles. The predicted octanol–water partition coefficient (Wildman–Crippen LogP) is -1.95. The molecule has 1 N–H and O–H groups in total. The Labute approximate surface area is 41.6 Å². The van der Waals surface area contributed by atoms with Gasteiger partial charge in [-0.25, -0.2) is 0 Å². The average Bonchev–Trinajstić information content (AvgIpc) is 1.87. The van der Waals surface area contributed by atoms with Crippen LogP contribution in [0.1, 0.15) is 0 Å². The van der Waals surface area contributed by atoms with Crippen molar-refractivity contribution < 1.29 is 9.94 Å². The molecule has 0 amide bonds. The fourth-order valence-electron chi connectivity index (χ4n) is 0.447. The number of rotatable bonds is 0. The quantitative estimate of drug-likeness (QED) is 0.362. The van der Waals surface area contributed by atoms with Crippen molar-refractivity contribution >= 4 is 0 Å². The molecule has 1 aliphatic rings. The van der Waals surface area contributed by atoms with Gasteiger partial charge in [0.2, 0.25) is 6.29 Å². The van der Waals surface area contributed by atoms with Crippen molar-refractivity contribution in [3.63, 3.8) is 0 Å². The summed E-state index contributed by atoms with van der Waals surface area (Å²) in [5.41, 5.74) is 2.39. The first-order valence-electron chi connectivity index (χ1n) is 2.07. The number of nitrogens with zero attached hydrogens (tertiary/aromatic N) is 1. The van der Waals surface area contributed by atoms with Gasteiger partial charge < -0.3 is 5.11 Å². The van der Waals surface area contributed by atoms with Gasteiger partial charge in [0.05, 0.1) is 12.1 Å². The lowest BCUT2D eigenvalue weighted by atomic mass is 10.6. The maximum absolute atomic E-state index is 10.2. The Balaban J connectivity index is 2.26. The third-order valence-corrected chi connectivity index (χ3v) is 0.763. The molecule has 0 aromatic rings. The van der Waals surface area contributed by atoms with Crippen LogP contribution < -0.4 is 10.7 Å². The summed E-state index contributed by atoms with van der Waals surface area (Å²) in [5.74, 6) is 0. The van der Waals surface area contributed by atoms with Gasteiger partial charge in [-0.1, -0.05) is 0 Å². The van der Waals surface area contributed by atoms with Crippen LogP contribution in [0.4, 0.5) is 0 Å². The summed E-state index contributed by atoms with van der Waals surface area (Å²) in [7, 11) is 1.75. The van der Waals surface area contributed by atoms with Gasteiger partial charge in [-0.05, 0) is 4.84 Å². The third kappa shape index (κ3) is 1.10. The van der Waals surface area contributed by atoms with Crippen LogP contribution in [-0.4, -0.2) is 24.9 Å². The number of hydrogen-bond acceptors (Lipinski definition) is 4. The molecule has 0 bridgehead atoms. The van der Waals surface area contributed by atoms with Crippen molar-refractivity contribution in [2.75, 3.05) is 13.6 Å². The molecule has 0 aromatic heterocycles. The molecule has 1 saturated heterocycles. The fourth-order valence-corrected chi connectivity index (χ4v) is 0.447. The van der Waals surface area contributed by atoms with Crippen LogP contribution in [0.5, 0.6) is 0 Å². The van der Waals surface area contributed by atoms with Gasteiger partial charge in [0.1, 0.15) is 0 Å². The van der Waals surface area contributed by atoms with Crippen molar-refractivity contribution in [3.8, 4) is 0 Å². The topological polar surface area (TPSA) is 49.6 Å². The van der Waals surface area contributed by atoms with Gasteiger partial charge in [-0.2, -0.15) is 5.01 Å². The number of likely N-dealkylation sites (N-methyl/N-ethyl adjacent to an activating group) is 1. The Morgan fingerprint density at radius 1 is 2.00 bits per heavy atom. The Morgan fingerprint density at radius 2 is 2.71 bits per heavy atom. The number of hydrazine groups is 1. The Bertz CT molecular complexity index is 60.0. The molecule has 1 atom stereocenters. The molecular weight excluding hydrogens is 96.0 g/mol. The van der Waals surface area contributed by atoms with E-state index in [-0.39, 0.29) is 0 Å². The zero-order chi connectivity index (χ0) is 5.28. The smallest absolute Gasteiger partial charge is 0.226 e. The van der Waals surface area contributed by atoms with Crippen LogP contribution in [-0.2, 0) is 4.84 Å². The van der Waals surface area contributed by atoms with Crippen LogP contribution in [0.15, 0.2) is 0 Å². The van der Waals surface area contributed by atoms with Gasteiger partial charge in [0.25, 0.3) is 0 Å². The van der Waals surface area contributed by atoms with E-state index in [2.05, 4.69) is 10.4 Å². The first kappa shape index (κ1) is 4.99. The second kappa shape index (κ2) is 1.75. The van der Waals surface area contributed by atoms with E-state index in [0.717, 1.165) is 0 Å². The standard InChI is InChI=1S/C3H7N2O2/c1-5-2-3(6)7-4-5/h3-4H,2H2,1H3. The molecule has 7 heavy (non-hydrogen) atoms. The van der Waals surface area contributed by atoms with Gasteiger partial charge in [-0.15, -0.1) is 0 Å². The van der Waals surface area contributed by atoms with Crippen LogP contribution in [0.2, 0.25) is 0 Å². The highest BCUT2D eigenvalue weighted by atomic mass is 16.8. The summed E-state index contributed by atoms with van der Waals surface area (Å²) in [5, 5.41) is 11.8. The van der Waals surface area contributed by atoms with Crippen LogP contribution >= 0.6 is 0 Å². The molecule has 4 nitrogen and oxygen atoms in total. The average molecular weight is 103 g/mol. The van der Waals surface area contributed by atoms with Crippen LogP contribution in [0.3, 0.4) is 0 Å². The lowest BCUT2D eigenvalue weighted by molar-refractivity contribution is -0.483. The van der Waals surface area contributed by atoms with E-state index in [1.807, 2.05) is 0 Å². The molecule has 41 valence electrons. The second-order valence-electron chi connectivity index (χ2n) is 1.52.